The van der Waals surface area contributed by atoms with Crippen LogP contribution in [0, 0.1) is 12.7 Å². The molecule has 0 aliphatic heterocycles. The number of hydrazine groups is 1. The minimum atomic E-state index is -0.411. The molecule has 96 valence electrons. The van der Waals surface area contributed by atoms with Crippen LogP contribution in [-0.4, -0.2) is 4.98 Å². The first kappa shape index (κ1) is 13.4. The largest absolute Gasteiger partial charge is 0.271 e. The second-order valence-corrected chi connectivity index (χ2v) is 5.27. The number of hydrogen-bond donors (Lipinski definition) is 2. The van der Waals surface area contributed by atoms with Gasteiger partial charge in [0.2, 0.25) is 0 Å². The molecule has 1 atom stereocenters. The van der Waals surface area contributed by atoms with E-state index in [2.05, 4.69) is 10.4 Å². The minimum Gasteiger partial charge on any atom is -0.271 e. The van der Waals surface area contributed by atoms with Crippen molar-refractivity contribution in [3.05, 3.63) is 50.7 Å². The van der Waals surface area contributed by atoms with E-state index in [1.54, 1.807) is 17.6 Å². The molecule has 2 aromatic rings. The fraction of sp³-hybridized carbons (Fsp3) is 0.250. The van der Waals surface area contributed by atoms with Gasteiger partial charge >= 0.3 is 0 Å². The van der Waals surface area contributed by atoms with Crippen molar-refractivity contribution in [2.45, 2.75) is 19.4 Å². The van der Waals surface area contributed by atoms with E-state index in [-0.39, 0.29) is 11.1 Å². The topological polar surface area (TPSA) is 50.9 Å². The summed E-state index contributed by atoms with van der Waals surface area (Å²) in [4.78, 5) is 5.25. The lowest BCUT2D eigenvalue weighted by atomic mass is 10.0. The molecule has 1 aromatic carbocycles. The van der Waals surface area contributed by atoms with Gasteiger partial charge in [-0.3, -0.25) is 11.3 Å². The molecule has 1 aromatic heterocycles. The van der Waals surface area contributed by atoms with Crippen molar-refractivity contribution in [3.63, 3.8) is 0 Å². The Morgan fingerprint density at radius 3 is 2.89 bits per heavy atom. The molecule has 0 spiro atoms. The number of rotatable bonds is 4. The van der Waals surface area contributed by atoms with Crippen LogP contribution in [-0.2, 0) is 6.42 Å². The smallest absolute Gasteiger partial charge is 0.142 e. The lowest BCUT2D eigenvalue weighted by Crippen LogP contribution is -2.29. The fourth-order valence-electron chi connectivity index (χ4n) is 1.77. The maximum Gasteiger partial charge on any atom is 0.142 e. The predicted octanol–water partition coefficient (Wildman–Crippen LogP) is 2.99. The second-order valence-electron chi connectivity index (χ2n) is 3.97. The molecule has 0 aliphatic carbocycles. The standard InChI is InChI=1S/C12H13ClFN3S/c1-7-12(18-6-16-7)11(17-15)5-8-2-3-9(13)10(14)4-8/h2-4,6,11,17H,5,15H2,1H3. The number of nitrogens with two attached hydrogens (primary N) is 1. The first-order valence-corrected chi connectivity index (χ1v) is 6.67. The maximum atomic E-state index is 13.4. The van der Waals surface area contributed by atoms with Crippen LogP contribution in [0.2, 0.25) is 5.02 Å². The Labute approximate surface area is 114 Å². The van der Waals surface area contributed by atoms with Gasteiger partial charge in [0.1, 0.15) is 5.82 Å². The quantitative estimate of drug-likeness (QED) is 0.671. The molecule has 2 rings (SSSR count). The van der Waals surface area contributed by atoms with Crippen LogP contribution in [0.1, 0.15) is 22.2 Å². The van der Waals surface area contributed by atoms with Gasteiger partial charge in [-0.05, 0) is 31.0 Å². The van der Waals surface area contributed by atoms with Crippen LogP contribution >= 0.6 is 22.9 Å². The Morgan fingerprint density at radius 2 is 2.33 bits per heavy atom. The number of hydrogen-bond acceptors (Lipinski definition) is 4. The molecule has 3 nitrogen and oxygen atoms in total. The van der Waals surface area contributed by atoms with E-state index < -0.39 is 5.82 Å². The predicted molar refractivity (Wildman–Crippen MR) is 72.0 cm³/mol. The van der Waals surface area contributed by atoms with Gasteiger partial charge in [-0.1, -0.05) is 17.7 Å². The van der Waals surface area contributed by atoms with E-state index in [1.165, 1.54) is 17.4 Å². The molecule has 0 saturated carbocycles. The minimum absolute atomic E-state index is 0.0712. The normalized spacial score (nSPS) is 12.7. The van der Waals surface area contributed by atoms with Crippen molar-refractivity contribution >= 4 is 22.9 Å². The van der Waals surface area contributed by atoms with Crippen LogP contribution in [0.3, 0.4) is 0 Å². The van der Waals surface area contributed by atoms with Crippen LogP contribution in [0.15, 0.2) is 23.7 Å². The molecule has 0 saturated heterocycles. The van der Waals surface area contributed by atoms with Crippen molar-refractivity contribution in [1.29, 1.82) is 0 Å². The third-order valence-electron chi connectivity index (χ3n) is 2.72. The first-order valence-electron chi connectivity index (χ1n) is 5.42. The van der Waals surface area contributed by atoms with Crippen molar-refractivity contribution in [2.75, 3.05) is 0 Å². The summed E-state index contributed by atoms with van der Waals surface area (Å²) in [5.74, 6) is 5.15. The molecule has 18 heavy (non-hydrogen) atoms. The number of nitrogens with one attached hydrogen (secondary N) is 1. The average Bonchev–Trinajstić information content (AvgIpc) is 2.77. The number of aromatic nitrogens is 1. The Kier molecular flexibility index (Phi) is 4.29. The van der Waals surface area contributed by atoms with Gasteiger partial charge < -0.3 is 0 Å². The maximum absolute atomic E-state index is 13.4. The molecular formula is C12H13ClFN3S. The molecule has 0 radical (unpaired) electrons. The molecule has 0 aliphatic rings. The highest BCUT2D eigenvalue weighted by molar-refractivity contribution is 7.09. The zero-order chi connectivity index (χ0) is 13.1. The summed E-state index contributed by atoms with van der Waals surface area (Å²) in [6.07, 6.45) is 0.591. The molecule has 1 heterocycles. The zero-order valence-corrected chi connectivity index (χ0v) is 11.4. The highest BCUT2D eigenvalue weighted by atomic mass is 35.5. The van der Waals surface area contributed by atoms with Crippen molar-refractivity contribution in [1.82, 2.24) is 10.4 Å². The molecular weight excluding hydrogens is 273 g/mol. The SMILES string of the molecule is Cc1ncsc1C(Cc1ccc(Cl)c(F)c1)NN. The number of benzene rings is 1. The van der Waals surface area contributed by atoms with Gasteiger partial charge in [-0.25, -0.2) is 9.37 Å². The number of nitrogens with zero attached hydrogens (tertiary/aromatic N) is 1. The Bertz CT molecular complexity index is 544. The van der Waals surface area contributed by atoms with Gasteiger partial charge in [0.25, 0.3) is 0 Å². The van der Waals surface area contributed by atoms with Crippen LogP contribution < -0.4 is 11.3 Å². The number of halogens is 2. The molecule has 0 amide bonds. The lowest BCUT2D eigenvalue weighted by Gasteiger charge is -2.15. The average molecular weight is 286 g/mol. The lowest BCUT2D eigenvalue weighted by molar-refractivity contribution is 0.553. The van der Waals surface area contributed by atoms with Crippen LogP contribution in [0.4, 0.5) is 4.39 Å². The van der Waals surface area contributed by atoms with E-state index in [0.717, 1.165) is 16.1 Å². The summed E-state index contributed by atoms with van der Waals surface area (Å²) >= 11 is 7.19. The van der Waals surface area contributed by atoms with Crippen molar-refractivity contribution < 1.29 is 4.39 Å². The first-order chi connectivity index (χ1) is 8.61. The van der Waals surface area contributed by atoms with Crippen LogP contribution in [0.5, 0.6) is 0 Å². The third-order valence-corrected chi connectivity index (χ3v) is 4.08. The summed E-state index contributed by atoms with van der Waals surface area (Å²) in [5.41, 5.74) is 6.30. The van der Waals surface area contributed by atoms with E-state index in [1.807, 2.05) is 6.92 Å². The molecule has 6 heteroatoms. The summed E-state index contributed by atoms with van der Waals surface area (Å²) < 4.78 is 13.4. The Hall–Kier alpha value is -1.01. The molecule has 0 bridgehead atoms. The molecule has 0 fully saturated rings. The van der Waals surface area contributed by atoms with E-state index in [4.69, 9.17) is 17.4 Å². The highest BCUT2D eigenvalue weighted by Gasteiger charge is 2.16. The molecule has 3 N–H and O–H groups in total. The monoisotopic (exact) mass is 285 g/mol. The van der Waals surface area contributed by atoms with Gasteiger partial charge in [0.15, 0.2) is 0 Å². The van der Waals surface area contributed by atoms with Gasteiger partial charge in [-0.2, -0.15) is 0 Å². The highest BCUT2D eigenvalue weighted by Crippen LogP contribution is 2.25. The van der Waals surface area contributed by atoms with Crippen molar-refractivity contribution in [2.24, 2.45) is 5.84 Å². The zero-order valence-electron chi connectivity index (χ0n) is 9.78. The number of aryl methyl sites for hydroxylation is 1. The molecule has 1 unspecified atom stereocenters. The van der Waals surface area contributed by atoms with E-state index in [0.29, 0.717) is 6.42 Å². The van der Waals surface area contributed by atoms with Gasteiger partial charge in [0.05, 0.1) is 22.3 Å². The summed E-state index contributed by atoms with van der Waals surface area (Å²) in [7, 11) is 0. The van der Waals surface area contributed by atoms with E-state index in [9.17, 15) is 4.39 Å². The number of thiazole rings is 1. The van der Waals surface area contributed by atoms with E-state index >= 15 is 0 Å². The van der Waals surface area contributed by atoms with Crippen molar-refractivity contribution in [3.8, 4) is 0 Å². The van der Waals surface area contributed by atoms with Gasteiger partial charge in [0, 0.05) is 4.88 Å². The summed E-state index contributed by atoms with van der Waals surface area (Å²) in [5, 5.41) is 0.130. The Balaban J connectivity index is 2.20. The summed E-state index contributed by atoms with van der Waals surface area (Å²) in [6, 6.07) is 4.71. The van der Waals surface area contributed by atoms with Crippen LogP contribution in [0.25, 0.3) is 0 Å². The van der Waals surface area contributed by atoms with Gasteiger partial charge in [-0.15, -0.1) is 11.3 Å². The third kappa shape index (κ3) is 2.87. The second kappa shape index (κ2) is 5.75. The fourth-order valence-corrected chi connectivity index (χ4v) is 2.76. The summed E-state index contributed by atoms with van der Waals surface area (Å²) in [6.45, 7) is 1.93. The Morgan fingerprint density at radius 1 is 1.56 bits per heavy atom.